The molecule has 52 heavy (non-hydrogen) atoms. The van der Waals surface area contributed by atoms with Crippen molar-refractivity contribution in [3.05, 3.63) is 49.0 Å². The van der Waals surface area contributed by atoms with E-state index in [0.717, 1.165) is 25.7 Å². The highest BCUT2D eigenvalue weighted by Gasteiger charge is 2.17. The summed E-state index contributed by atoms with van der Waals surface area (Å²) < 4.78 is 34.8. The van der Waals surface area contributed by atoms with Crippen molar-refractivity contribution in [1.29, 1.82) is 0 Å². The van der Waals surface area contributed by atoms with Gasteiger partial charge in [-0.3, -0.25) is 4.57 Å². The van der Waals surface area contributed by atoms with E-state index >= 15 is 0 Å². The van der Waals surface area contributed by atoms with Crippen LogP contribution < -0.4 is 4.89 Å². The molecule has 0 bridgehead atoms. The fourth-order valence-corrected chi connectivity index (χ4v) is 6.34. The first-order chi connectivity index (χ1) is 25.2. The molecule has 0 fully saturated rings. The Labute approximate surface area is 322 Å². The SMILES string of the molecule is CCCCCC/C=C\CCCCCCCC/C=C\OC[C@H](COP(=O)([O-])OCC[N+](C)(C)C)O/C=C\CCCCCCCC/C=C\CCCCCC. The third kappa shape index (κ3) is 41.4. The number of hydrogen-bond donors (Lipinski definition) is 0. The van der Waals surface area contributed by atoms with Crippen LogP contribution in [0.4, 0.5) is 0 Å². The van der Waals surface area contributed by atoms with E-state index in [0.29, 0.717) is 11.0 Å². The maximum absolute atomic E-state index is 12.3. The summed E-state index contributed by atoms with van der Waals surface area (Å²) in [6, 6.07) is 0. The molecule has 0 aliphatic rings. The molecule has 7 nitrogen and oxygen atoms in total. The average molecular weight is 754 g/mol. The van der Waals surface area contributed by atoms with Crippen LogP contribution in [0.2, 0.25) is 0 Å². The van der Waals surface area contributed by atoms with Gasteiger partial charge in [0.25, 0.3) is 7.82 Å². The van der Waals surface area contributed by atoms with Crippen molar-refractivity contribution in [2.75, 3.05) is 47.5 Å². The normalized spacial score (nSPS) is 14.3. The summed E-state index contributed by atoms with van der Waals surface area (Å²) in [6.07, 6.45) is 48.8. The van der Waals surface area contributed by atoms with Gasteiger partial charge in [-0.15, -0.1) is 0 Å². The highest BCUT2D eigenvalue weighted by atomic mass is 31.2. The maximum Gasteiger partial charge on any atom is 0.268 e. The molecule has 2 atom stereocenters. The van der Waals surface area contributed by atoms with E-state index in [9.17, 15) is 9.46 Å². The molecule has 0 saturated carbocycles. The summed E-state index contributed by atoms with van der Waals surface area (Å²) in [4.78, 5) is 12.3. The van der Waals surface area contributed by atoms with Gasteiger partial charge in [-0.05, 0) is 89.2 Å². The molecule has 306 valence electrons. The molecule has 0 aromatic heterocycles. The number of phosphoric acid groups is 1. The monoisotopic (exact) mass is 754 g/mol. The molecule has 0 aromatic rings. The van der Waals surface area contributed by atoms with Crippen LogP contribution in [0.1, 0.15) is 181 Å². The zero-order chi connectivity index (χ0) is 38.3. The minimum Gasteiger partial charge on any atom is -0.756 e. The molecule has 0 aliphatic heterocycles. The van der Waals surface area contributed by atoms with E-state index in [1.54, 1.807) is 12.5 Å². The predicted octanol–water partition coefficient (Wildman–Crippen LogP) is 12.9. The first-order valence-corrected chi connectivity index (χ1v) is 22.9. The third-order valence-electron chi connectivity index (χ3n) is 9.04. The van der Waals surface area contributed by atoms with Crippen LogP contribution in [-0.2, 0) is 23.1 Å². The van der Waals surface area contributed by atoms with E-state index < -0.39 is 13.9 Å². The largest absolute Gasteiger partial charge is 0.756 e. The predicted molar refractivity (Wildman–Crippen MR) is 221 cm³/mol. The molecule has 0 spiro atoms. The Kier molecular flexibility index (Phi) is 36.9. The maximum atomic E-state index is 12.3. The number of nitrogens with zero attached hydrogens (tertiary/aromatic N) is 1. The Morgan fingerprint density at radius 2 is 0.904 bits per heavy atom. The Balaban J connectivity index is 4.25. The molecule has 8 heteroatoms. The third-order valence-corrected chi connectivity index (χ3v) is 10.0. The van der Waals surface area contributed by atoms with Crippen LogP contribution in [0.15, 0.2) is 49.0 Å². The number of ether oxygens (including phenoxy) is 2. The van der Waals surface area contributed by atoms with Crippen molar-refractivity contribution in [3.8, 4) is 0 Å². The number of rotatable bonds is 40. The molecular formula is C44H84NO6P. The topological polar surface area (TPSA) is 77.1 Å². The van der Waals surface area contributed by atoms with Crippen LogP contribution >= 0.6 is 7.82 Å². The summed E-state index contributed by atoms with van der Waals surface area (Å²) in [6.45, 7) is 5.18. The smallest absolute Gasteiger partial charge is 0.268 e. The highest BCUT2D eigenvalue weighted by molar-refractivity contribution is 7.45. The van der Waals surface area contributed by atoms with Crippen LogP contribution in [0.25, 0.3) is 0 Å². The lowest BCUT2D eigenvalue weighted by Crippen LogP contribution is -2.37. The fourth-order valence-electron chi connectivity index (χ4n) is 5.61. The van der Waals surface area contributed by atoms with Gasteiger partial charge in [0.2, 0.25) is 0 Å². The summed E-state index contributed by atoms with van der Waals surface area (Å²) in [5.41, 5.74) is 0. The van der Waals surface area contributed by atoms with E-state index in [-0.39, 0.29) is 19.8 Å². The number of unbranched alkanes of at least 4 members (excludes halogenated alkanes) is 22. The Morgan fingerprint density at radius 1 is 0.519 bits per heavy atom. The number of hydrogen-bond acceptors (Lipinski definition) is 6. The van der Waals surface area contributed by atoms with Gasteiger partial charge in [0, 0.05) is 0 Å². The van der Waals surface area contributed by atoms with Gasteiger partial charge in [0.05, 0.1) is 40.3 Å². The van der Waals surface area contributed by atoms with E-state index in [4.69, 9.17) is 18.5 Å². The molecular weight excluding hydrogens is 669 g/mol. The second kappa shape index (κ2) is 37.9. The molecule has 0 N–H and O–H groups in total. The summed E-state index contributed by atoms with van der Waals surface area (Å²) >= 11 is 0. The molecule has 0 rings (SSSR count). The first-order valence-electron chi connectivity index (χ1n) is 21.5. The first kappa shape index (κ1) is 50.6. The molecule has 0 heterocycles. The molecule has 0 aliphatic carbocycles. The number of likely N-dealkylation sites (N-methyl/N-ethyl adjacent to an activating group) is 1. The van der Waals surface area contributed by atoms with E-state index in [2.05, 4.69) is 38.2 Å². The van der Waals surface area contributed by atoms with Crippen molar-refractivity contribution in [3.63, 3.8) is 0 Å². The van der Waals surface area contributed by atoms with Gasteiger partial charge in [-0.1, -0.05) is 128 Å². The minimum atomic E-state index is -4.43. The number of phosphoric ester groups is 1. The minimum absolute atomic E-state index is 0.0712. The van der Waals surface area contributed by atoms with E-state index in [1.165, 1.54) is 141 Å². The second-order valence-electron chi connectivity index (χ2n) is 15.5. The second-order valence-corrected chi connectivity index (χ2v) is 16.9. The summed E-state index contributed by atoms with van der Waals surface area (Å²) in [5.74, 6) is 0. The number of allylic oxidation sites excluding steroid dienone is 6. The van der Waals surface area contributed by atoms with Crippen molar-refractivity contribution < 1.29 is 32.5 Å². The van der Waals surface area contributed by atoms with E-state index in [1.807, 2.05) is 33.3 Å². The molecule has 0 aromatic carbocycles. The van der Waals surface area contributed by atoms with Crippen molar-refractivity contribution in [2.45, 2.75) is 187 Å². The van der Waals surface area contributed by atoms with Crippen molar-refractivity contribution in [1.82, 2.24) is 0 Å². The Bertz CT molecular complexity index is 913. The van der Waals surface area contributed by atoms with Gasteiger partial charge < -0.3 is 27.9 Å². The fraction of sp³-hybridized carbons (Fsp3) is 0.818. The molecule has 0 saturated heterocycles. The van der Waals surface area contributed by atoms with Crippen LogP contribution in [0.5, 0.6) is 0 Å². The van der Waals surface area contributed by atoms with Gasteiger partial charge in [-0.2, -0.15) is 0 Å². The summed E-state index contributed by atoms with van der Waals surface area (Å²) in [7, 11) is 1.51. The Morgan fingerprint density at radius 3 is 1.33 bits per heavy atom. The zero-order valence-corrected chi connectivity index (χ0v) is 35.6. The van der Waals surface area contributed by atoms with Gasteiger partial charge in [-0.25, -0.2) is 0 Å². The van der Waals surface area contributed by atoms with Crippen LogP contribution in [-0.4, -0.2) is 58.1 Å². The lowest BCUT2D eigenvalue weighted by atomic mass is 10.1. The van der Waals surface area contributed by atoms with Crippen LogP contribution in [0.3, 0.4) is 0 Å². The van der Waals surface area contributed by atoms with Crippen molar-refractivity contribution in [2.24, 2.45) is 0 Å². The van der Waals surface area contributed by atoms with Gasteiger partial charge in [0.15, 0.2) is 6.10 Å². The molecule has 0 amide bonds. The lowest BCUT2D eigenvalue weighted by Gasteiger charge is -2.28. The quantitative estimate of drug-likeness (QED) is 0.0204. The zero-order valence-electron chi connectivity index (χ0n) is 34.8. The number of quaternary nitrogens is 1. The van der Waals surface area contributed by atoms with Gasteiger partial charge in [0.1, 0.15) is 19.8 Å². The van der Waals surface area contributed by atoms with Crippen molar-refractivity contribution >= 4 is 7.82 Å². The van der Waals surface area contributed by atoms with Gasteiger partial charge >= 0.3 is 0 Å². The molecule has 1 unspecified atom stereocenters. The summed E-state index contributed by atoms with van der Waals surface area (Å²) in [5, 5.41) is 0. The molecule has 0 radical (unpaired) electrons. The standard InChI is InChI=1S/C44H84NO6P/c1-6-8-10-12-14-16-18-20-22-24-26-28-30-32-34-36-39-48-42-44(43-51-52(46,47)50-41-38-45(3,4)5)49-40-37-35-33-31-29-27-25-23-21-19-17-15-13-11-9-7-2/h16-19,36-37,39-40,44H,6-15,20-35,38,41-43H2,1-5H3/b18-16-,19-17-,39-36-,40-37-/t44-/m1/s1. The lowest BCUT2D eigenvalue weighted by molar-refractivity contribution is -0.870. The highest BCUT2D eigenvalue weighted by Crippen LogP contribution is 2.38. The van der Waals surface area contributed by atoms with Crippen LogP contribution in [0, 0.1) is 0 Å². The average Bonchev–Trinajstić information content (AvgIpc) is 3.10. The Hall–Kier alpha value is -1.37.